The van der Waals surface area contributed by atoms with Crippen LogP contribution in [0.3, 0.4) is 0 Å². The minimum atomic E-state index is -0.137. The molecule has 19 heavy (non-hydrogen) atoms. The van der Waals surface area contributed by atoms with Crippen molar-refractivity contribution in [3.8, 4) is 0 Å². The molecule has 1 N–H and O–H groups in total. The molecule has 0 bridgehead atoms. The van der Waals surface area contributed by atoms with Crippen LogP contribution in [0.4, 0.5) is 5.82 Å². The topological polar surface area (TPSA) is 58.1 Å². The quantitative estimate of drug-likeness (QED) is 0.886. The molecule has 0 aliphatic rings. The number of rotatable bonds is 5. The van der Waals surface area contributed by atoms with Crippen LogP contribution in [0.2, 0.25) is 0 Å². The van der Waals surface area contributed by atoms with Crippen molar-refractivity contribution in [2.24, 2.45) is 11.3 Å². The zero-order valence-corrected chi connectivity index (χ0v) is 12.7. The molecule has 0 atom stereocenters. The van der Waals surface area contributed by atoms with Crippen LogP contribution in [0.5, 0.6) is 0 Å². The second-order valence-corrected chi connectivity index (χ2v) is 6.00. The number of amides is 1. The zero-order valence-electron chi connectivity index (χ0n) is 12.7. The van der Waals surface area contributed by atoms with Crippen LogP contribution < -0.4 is 5.32 Å². The number of hydrogen-bond donors (Lipinski definition) is 1. The summed E-state index contributed by atoms with van der Waals surface area (Å²) in [7, 11) is 3.39. The molecule has 0 spiro atoms. The average Bonchev–Trinajstić information content (AvgIpc) is 2.36. The third-order valence-corrected chi connectivity index (χ3v) is 3.58. The predicted molar refractivity (Wildman–Crippen MR) is 77.2 cm³/mol. The van der Waals surface area contributed by atoms with E-state index in [1.807, 2.05) is 0 Å². The van der Waals surface area contributed by atoms with Gasteiger partial charge in [0.1, 0.15) is 5.82 Å². The summed E-state index contributed by atoms with van der Waals surface area (Å²) in [5.74, 6) is 1.13. The first-order valence-corrected chi connectivity index (χ1v) is 6.53. The van der Waals surface area contributed by atoms with Crippen molar-refractivity contribution in [3.63, 3.8) is 0 Å². The fraction of sp³-hybridized carbons (Fsp3) is 0.643. The smallest absolute Gasteiger partial charge is 0.273 e. The molecule has 1 rings (SSSR count). The zero-order chi connectivity index (χ0) is 14.6. The Morgan fingerprint density at radius 1 is 1.32 bits per heavy atom. The molecule has 0 aromatic carbocycles. The van der Waals surface area contributed by atoms with Gasteiger partial charge in [0, 0.05) is 20.6 Å². The lowest BCUT2D eigenvalue weighted by atomic mass is 9.81. The van der Waals surface area contributed by atoms with Crippen molar-refractivity contribution in [3.05, 3.63) is 17.8 Å². The molecule has 0 aliphatic heterocycles. The standard InChI is InChI=1S/C14H24N4O/c1-10(2)14(3,4)9-15-12-8-7-11(16-17-12)13(19)18(5)6/h7-8,10H,9H2,1-6H3,(H,15,17). The van der Waals surface area contributed by atoms with E-state index in [0.717, 1.165) is 6.54 Å². The molecular weight excluding hydrogens is 240 g/mol. The number of anilines is 1. The minimum Gasteiger partial charge on any atom is -0.368 e. The molecule has 0 saturated heterocycles. The third-order valence-electron chi connectivity index (χ3n) is 3.58. The SMILES string of the molecule is CC(C)C(C)(C)CNc1ccc(C(=O)N(C)C)nn1. The Bertz CT molecular complexity index is 424. The average molecular weight is 264 g/mol. The highest BCUT2D eigenvalue weighted by Gasteiger charge is 2.22. The van der Waals surface area contributed by atoms with Gasteiger partial charge in [-0.3, -0.25) is 4.79 Å². The van der Waals surface area contributed by atoms with Gasteiger partial charge in [-0.25, -0.2) is 0 Å². The number of nitrogens with one attached hydrogen (secondary N) is 1. The van der Waals surface area contributed by atoms with Crippen LogP contribution in [0.25, 0.3) is 0 Å². The summed E-state index contributed by atoms with van der Waals surface area (Å²) in [6.07, 6.45) is 0. The lowest BCUT2D eigenvalue weighted by Gasteiger charge is -2.29. The highest BCUT2D eigenvalue weighted by Crippen LogP contribution is 2.25. The van der Waals surface area contributed by atoms with Gasteiger partial charge in [0.05, 0.1) is 0 Å². The number of aromatic nitrogens is 2. The third kappa shape index (κ3) is 4.19. The fourth-order valence-corrected chi connectivity index (χ4v) is 1.29. The first kappa shape index (κ1) is 15.4. The van der Waals surface area contributed by atoms with Gasteiger partial charge in [-0.15, -0.1) is 10.2 Å². The van der Waals surface area contributed by atoms with Crippen LogP contribution in [0.15, 0.2) is 12.1 Å². The summed E-state index contributed by atoms with van der Waals surface area (Å²) >= 11 is 0. The number of nitrogens with zero attached hydrogens (tertiary/aromatic N) is 3. The maximum atomic E-state index is 11.7. The number of carbonyl (C=O) groups is 1. The Hall–Kier alpha value is -1.65. The summed E-state index contributed by atoms with van der Waals surface area (Å²) in [5, 5.41) is 11.2. The summed E-state index contributed by atoms with van der Waals surface area (Å²) < 4.78 is 0. The molecule has 0 fully saturated rings. The minimum absolute atomic E-state index is 0.137. The number of carbonyl (C=O) groups excluding carboxylic acids is 1. The van der Waals surface area contributed by atoms with Gasteiger partial charge in [0.25, 0.3) is 5.91 Å². The predicted octanol–water partition coefficient (Wildman–Crippen LogP) is 2.27. The Balaban J connectivity index is 2.66. The molecule has 0 unspecified atom stereocenters. The van der Waals surface area contributed by atoms with Crippen molar-refractivity contribution < 1.29 is 4.79 Å². The van der Waals surface area contributed by atoms with E-state index >= 15 is 0 Å². The maximum absolute atomic E-state index is 11.7. The van der Waals surface area contributed by atoms with E-state index in [1.54, 1.807) is 26.2 Å². The summed E-state index contributed by atoms with van der Waals surface area (Å²) in [4.78, 5) is 13.2. The summed E-state index contributed by atoms with van der Waals surface area (Å²) in [6.45, 7) is 9.64. The van der Waals surface area contributed by atoms with E-state index < -0.39 is 0 Å². The van der Waals surface area contributed by atoms with Crippen molar-refractivity contribution in [1.82, 2.24) is 15.1 Å². The lowest BCUT2D eigenvalue weighted by Crippen LogP contribution is -2.29. The van der Waals surface area contributed by atoms with E-state index in [2.05, 4.69) is 43.2 Å². The first-order chi connectivity index (χ1) is 8.74. The Labute approximate surface area is 115 Å². The number of hydrogen-bond acceptors (Lipinski definition) is 4. The largest absolute Gasteiger partial charge is 0.368 e. The van der Waals surface area contributed by atoms with Crippen LogP contribution in [0.1, 0.15) is 38.2 Å². The fourth-order valence-electron chi connectivity index (χ4n) is 1.29. The van der Waals surface area contributed by atoms with Crippen molar-refractivity contribution in [2.75, 3.05) is 26.0 Å². The Kier molecular flexibility index (Phi) is 4.86. The molecule has 0 radical (unpaired) electrons. The van der Waals surface area contributed by atoms with Crippen molar-refractivity contribution in [1.29, 1.82) is 0 Å². The van der Waals surface area contributed by atoms with E-state index in [0.29, 0.717) is 17.4 Å². The molecule has 5 heteroatoms. The molecule has 1 amide bonds. The monoisotopic (exact) mass is 264 g/mol. The van der Waals surface area contributed by atoms with Gasteiger partial charge in [-0.1, -0.05) is 27.7 Å². The van der Waals surface area contributed by atoms with Crippen molar-refractivity contribution in [2.45, 2.75) is 27.7 Å². The van der Waals surface area contributed by atoms with Crippen LogP contribution in [-0.2, 0) is 0 Å². The molecule has 106 valence electrons. The Morgan fingerprint density at radius 2 is 1.95 bits per heavy atom. The second kappa shape index (κ2) is 5.99. The second-order valence-electron chi connectivity index (χ2n) is 6.00. The van der Waals surface area contributed by atoms with Crippen LogP contribution in [0, 0.1) is 11.3 Å². The van der Waals surface area contributed by atoms with Gasteiger partial charge < -0.3 is 10.2 Å². The van der Waals surface area contributed by atoms with Crippen molar-refractivity contribution >= 4 is 11.7 Å². The van der Waals surface area contributed by atoms with Crippen LogP contribution >= 0.6 is 0 Å². The van der Waals surface area contributed by atoms with E-state index in [1.165, 1.54) is 4.90 Å². The van der Waals surface area contributed by atoms with Gasteiger partial charge in [0.15, 0.2) is 5.69 Å². The molecule has 1 aromatic rings. The lowest BCUT2D eigenvalue weighted by molar-refractivity contribution is 0.0821. The summed E-state index contributed by atoms with van der Waals surface area (Å²) in [5.41, 5.74) is 0.540. The van der Waals surface area contributed by atoms with Crippen LogP contribution in [-0.4, -0.2) is 41.6 Å². The maximum Gasteiger partial charge on any atom is 0.273 e. The highest BCUT2D eigenvalue weighted by atomic mass is 16.2. The Morgan fingerprint density at radius 3 is 2.37 bits per heavy atom. The normalized spacial score (nSPS) is 11.5. The molecule has 0 saturated carbocycles. The highest BCUT2D eigenvalue weighted by molar-refractivity contribution is 5.91. The first-order valence-electron chi connectivity index (χ1n) is 6.53. The van der Waals surface area contributed by atoms with E-state index in [-0.39, 0.29) is 11.3 Å². The van der Waals surface area contributed by atoms with E-state index in [4.69, 9.17) is 0 Å². The van der Waals surface area contributed by atoms with Gasteiger partial charge in [0.2, 0.25) is 0 Å². The molecule has 5 nitrogen and oxygen atoms in total. The van der Waals surface area contributed by atoms with Gasteiger partial charge in [-0.2, -0.15) is 0 Å². The van der Waals surface area contributed by atoms with E-state index in [9.17, 15) is 4.79 Å². The van der Waals surface area contributed by atoms with Gasteiger partial charge >= 0.3 is 0 Å². The molecule has 1 aromatic heterocycles. The molecule has 0 aliphatic carbocycles. The molecular formula is C14H24N4O. The van der Waals surface area contributed by atoms with Gasteiger partial charge in [-0.05, 0) is 23.5 Å². The summed E-state index contributed by atoms with van der Waals surface area (Å²) in [6, 6.07) is 3.49. The molecule has 1 heterocycles.